The number of aromatic nitrogens is 1. The highest BCUT2D eigenvalue weighted by atomic mass is 32.1. The van der Waals surface area contributed by atoms with Crippen LogP contribution in [0.4, 0.5) is 5.13 Å². The fraction of sp³-hybridized carbons (Fsp3) is 0.529. The Bertz CT molecular complexity index is 692. The topological polar surface area (TPSA) is 51.2 Å². The first-order valence-corrected chi connectivity index (χ1v) is 8.79. The quantitative estimate of drug-likeness (QED) is 0.874. The lowest BCUT2D eigenvalue weighted by molar-refractivity contribution is -0.117. The second-order valence-electron chi connectivity index (χ2n) is 6.42. The molecule has 2 aromatic rings. The number of nitrogens with zero attached hydrogens (tertiary/aromatic N) is 1. The van der Waals surface area contributed by atoms with Crippen LogP contribution in [0.5, 0.6) is 5.75 Å². The summed E-state index contributed by atoms with van der Waals surface area (Å²) < 4.78 is 6.36. The summed E-state index contributed by atoms with van der Waals surface area (Å²) in [7, 11) is 1.64. The van der Waals surface area contributed by atoms with E-state index in [2.05, 4.69) is 10.3 Å². The molecule has 4 rings (SSSR count). The zero-order valence-electron chi connectivity index (χ0n) is 12.7. The van der Waals surface area contributed by atoms with E-state index in [4.69, 9.17) is 4.74 Å². The van der Waals surface area contributed by atoms with Gasteiger partial charge in [0.25, 0.3) is 0 Å². The van der Waals surface area contributed by atoms with E-state index in [9.17, 15) is 4.79 Å². The maximum absolute atomic E-state index is 12.3. The molecular formula is C17H20N2O2S. The molecule has 22 heavy (non-hydrogen) atoms. The highest BCUT2D eigenvalue weighted by molar-refractivity contribution is 7.22. The van der Waals surface area contributed by atoms with Gasteiger partial charge < -0.3 is 10.1 Å². The Kier molecular flexibility index (Phi) is 3.53. The number of benzene rings is 1. The number of methoxy groups -OCH3 is 1. The van der Waals surface area contributed by atoms with Crippen LogP contribution in [0.2, 0.25) is 0 Å². The summed E-state index contributed by atoms with van der Waals surface area (Å²) in [5.74, 6) is 3.07. The lowest BCUT2D eigenvalue weighted by Gasteiger charge is -2.14. The third-order valence-electron chi connectivity index (χ3n) is 4.72. The molecular weight excluding hydrogens is 296 g/mol. The minimum absolute atomic E-state index is 0.113. The molecule has 0 aliphatic heterocycles. The number of amides is 1. The van der Waals surface area contributed by atoms with E-state index in [1.54, 1.807) is 7.11 Å². The molecule has 0 atom stereocenters. The minimum atomic E-state index is 0.113. The Morgan fingerprint density at radius 2 is 2.09 bits per heavy atom. The standard InChI is InChI=1S/C17H20N2O2S/c1-21-13-3-2-4-14-16(13)19-17(22-14)18-15(20)9-12(10-5-6-10)11-7-8-11/h2-4,10-12H,5-9H2,1H3,(H,18,19,20). The van der Waals surface area contributed by atoms with E-state index in [0.29, 0.717) is 17.5 Å². The molecule has 1 heterocycles. The Morgan fingerprint density at radius 3 is 2.73 bits per heavy atom. The highest BCUT2D eigenvalue weighted by Crippen LogP contribution is 2.50. The molecule has 0 unspecified atom stereocenters. The molecule has 0 spiro atoms. The zero-order chi connectivity index (χ0) is 15.1. The number of ether oxygens (including phenoxy) is 1. The number of rotatable bonds is 6. The Labute approximate surface area is 133 Å². The van der Waals surface area contributed by atoms with E-state index < -0.39 is 0 Å². The fourth-order valence-electron chi connectivity index (χ4n) is 3.29. The van der Waals surface area contributed by atoms with E-state index in [0.717, 1.165) is 27.8 Å². The third-order valence-corrected chi connectivity index (χ3v) is 5.66. The van der Waals surface area contributed by atoms with E-state index >= 15 is 0 Å². The van der Waals surface area contributed by atoms with E-state index in [-0.39, 0.29) is 5.91 Å². The summed E-state index contributed by atoms with van der Waals surface area (Å²) in [5, 5.41) is 3.67. The Hall–Kier alpha value is -1.62. The van der Waals surface area contributed by atoms with Crippen molar-refractivity contribution in [1.82, 2.24) is 4.98 Å². The summed E-state index contributed by atoms with van der Waals surface area (Å²) in [6, 6.07) is 5.84. The van der Waals surface area contributed by atoms with Crippen molar-refractivity contribution in [3.05, 3.63) is 18.2 Å². The summed E-state index contributed by atoms with van der Waals surface area (Å²) in [4.78, 5) is 16.9. The number of fused-ring (bicyclic) bond motifs is 1. The number of hydrogen-bond donors (Lipinski definition) is 1. The van der Waals surface area contributed by atoms with Crippen LogP contribution in [-0.4, -0.2) is 18.0 Å². The van der Waals surface area contributed by atoms with Gasteiger partial charge in [0.05, 0.1) is 11.8 Å². The summed E-state index contributed by atoms with van der Waals surface area (Å²) in [6.45, 7) is 0. The molecule has 1 aromatic heterocycles. The highest BCUT2D eigenvalue weighted by Gasteiger charge is 2.42. The van der Waals surface area contributed by atoms with Crippen LogP contribution in [0.15, 0.2) is 18.2 Å². The van der Waals surface area contributed by atoms with Crippen molar-refractivity contribution >= 4 is 32.6 Å². The van der Waals surface area contributed by atoms with Gasteiger partial charge in [-0.25, -0.2) is 4.98 Å². The summed E-state index contributed by atoms with van der Waals surface area (Å²) in [6.07, 6.45) is 5.90. The first-order chi connectivity index (χ1) is 10.7. The molecule has 1 amide bonds. The lowest BCUT2D eigenvalue weighted by atomic mass is 9.94. The fourth-order valence-corrected chi connectivity index (χ4v) is 4.19. The van der Waals surface area contributed by atoms with Gasteiger partial charge in [-0.1, -0.05) is 17.4 Å². The predicted molar refractivity (Wildman–Crippen MR) is 88.4 cm³/mol. The Balaban J connectivity index is 1.47. The first kappa shape index (κ1) is 14.0. The van der Waals surface area contributed by atoms with Gasteiger partial charge in [0.2, 0.25) is 5.91 Å². The third kappa shape index (κ3) is 2.82. The number of para-hydroxylation sites is 1. The lowest BCUT2D eigenvalue weighted by Crippen LogP contribution is -2.18. The Morgan fingerprint density at radius 1 is 1.36 bits per heavy atom. The van der Waals surface area contributed by atoms with E-state index in [1.807, 2.05) is 18.2 Å². The molecule has 1 aromatic carbocycles. The molecule has 116 valence electrons. The van der Waals surface area contributed by atoms with Crippen LogP contribution in [0.1, 0.15) is 32.1 Å². The zero-order valence-corrected chi connectivity index (χ0v) is 13.5. The normalized spacial score (nSPS) is 17.9. The molecule has 2 fully saturated rings. The average molecular weight is 316 g/mol. The number of carbonyl (C=O) groups excluding carboxylic acids is 1. The van der Waals surface area contributed by atoms with Gasteiger partial charge >= 0.3 is 0 Å². The summed E-state index contributed by atoms with van der Waals surface area (Å²) in [5.41, 5.74) is 0.825. The van der Waals surface area contributed by atoms with Crippen molar-refractivity contribution in [2.75, 3.05) is 12.4 Å². The van der Waals surface area contributed by atoms with Gasteiger partial charge in [-0.05, 0) is 55.6 Å². The maximum Gasteiger partial charge on any atom is 0.226 e. The molecule has 2 aliphatic rings. The van der Waals surface area contributed by atoms with Gasteiger partial charge in [-0.2, -0.15) is 0 Å². The molecule has 1 N–H and O–H groups in total. The molecule has 0 saturated heterocycles. The van der Waals surface area contributed by atoms with Gasteiger partial charge in [0, 0.05) is 6.42 Å². The molecule has 5 heteroatoms. The predicted octanol–water partition coefficient (Wildman–Crippen LogP) is 4.07. The van der Waals surface area contributed by atoms with Gasteiger partial charge in [-0.3, -0.25) is 4.79 Å². The van der Waals surface area contributed by atoms with Crippen LogP contribution in [0, 0.1) is 17.8 Å². The van der Waals surface area contributed by atoms with Crippen LogP contribution < -0.4 is 10.1 Å². The van der Waals surface area contributed by atoms with E-state index in [1.165, 1.54) is 37.0 Å². The smallest absolute Gasteiger partial charge is 0.226 e. The maximum atomic E-state index is 12.3. The molecule has 4 nitrogen and oxygen atoms in total. The van der Waals surface area contributed by atoms with Gasteiger partial charge in [0.15, 0.2) is 5.13 Å². The molecule has 0 bridgehead atoms. The monoisotopic (exact) mass is 316 g/mol. The molecule has 2 saturated carbocycles. The second-order valence-corrected chi connectivity index (χ2v) is 7.45. The van der Waals surface area contributed by atoms with Crippen molar-refractivity contribution in [2.45, 2.75) is 32.1 Å². The van der Waals surface area contributed by atoms with Gasteiger partial charge in [0.1, 0.15) is 11.3 Å². The van der Waals surface area contributed by atoms with Crippen LogP contribution in [-0.2, 0) is 4.79 Å². The van der Waals surface area contributed by atoms with Crippen molar-refractivity contribution in [1.29, 1.82) is 0 Å². The number of thiazole rings is 1. The number of anilines is 1. The molecule has 2 aliphatic carbocycles. The van der Waals surface area contributed by atoms with Crippen molar-refractivity contribution < 1.29 is 9.53 Å². The number of nitrogens with one attached hydrogen (secondary N) is 1. The van der Waals surface area contributed by atoms with Gasteiger partial charge in [-0.15, -0.1) is 0 Å². The average Bonchev–Trinajstić information content (AvgIpc) is 3.41. The van der Waals surface area contributed by atoms with Crippen LogP contribution in [0.3, 0.4) is 0 Å². The van der Waals surface area contributed by atoms with Crippen molar-refractivity contribution in [2.24, 2.45) is 17.8 Å². The van der Waals surface area contributed by atoms with Crippen LogP contribution >= 0.6 is 11.3 Å². The first-order valence-electron chi connectivity index (χ1n) is 7.98. The number of carbonyl (C=O) groups is 1. The molecule has 0 radical (unpaired) electrons. The largest absolute Gasteiger partial charge is 0.494 e. The minimum Gasteiger partial charge on any atom is -0.494 e. The van der Waals surface area contributed by atoms with Crippen molar-refractivity contribution in [3.8, 4) is 5.75 Å². The number of hydrogen-bond acceptors (Lipinski definition) is 4. The SMILES string of the molecule is COc1cccc2sc(NC(=O)CC(C3CC3)C3CC3)nc12. The summed E-state index contributed by atoms with van der Waals surface area (Å²) >= 11 is 1.51. The van der Waals surface area contributed by atoms with Crippen molar-refractivity contribution in [3.63, 3.8) is 0 Å². The second kappa shape index (κ2) is 5.54. The van der Waals surface area contributed by atoms with Crippen LogP contribution in [0.25, 0.3) is 10.2 Å².